The van der Waals surface area contributed by atoms with E-state index in [-0.39, 0.29) is 12.5 Å². The van der Waals surface area contributed by atoms with E-state index in [1.165, 1.54) is 18.6 Å². The monoisotopic (exact) mass is 254 g/mol. The molecule has 0 saturated heterocycles. The van der Waals surface area contributed by atoms with Gasteiger partial charge in [-0.15, -0.1) is 0 Å². The van der Waals surface area contributed by atoms with Crippen LogP contribution in [0.2, 0.25) is 0 Å². The van der Waals surface area contributed by atoms with E-state index >= 15 is 0 Å². The molecule has 2 rings (SSSR count). The minimum Gasteiger partial charge on any atom is -0.484 e. The lowest BCUT2D eigenvalue weighted by Gasteiger charge is -2.06. The molecule has 0 unspecified atom stereocenters. The highest BCUT2D eigenvalue weighted by Crippen LogP contribution is 2.11. The fraction of sp³-hybridized carbons (Fsp3) is 0.0769. The van der Waals surface area contributed by atoms with E-state index in [1.54, 1.807) is 24.3 Å². The zero-order valence-electron chi connectivity index (χ0n) is 9.91. The van der Waals surface area contributed by atoms with E-state index < -0.39 is 0 Å². The molecule has 0 fully saturated rings. The standard InChI is InChI=1S/C13H10N4O2/c14-7-10-1-3-11(4-2-10)19-9-13(18)17-12-8-15-5-6-16-12/h1-6,8H,9H2,(H,16,17,18). The smallest absolute Gasteiger partial charge is 0.263 e. The molecular weight excluding hydrogens is 244 g/mol. The lowest BCUT2D eigenvalue weighted by Crippen LogP contribution is -2.20. The molecule has 1 amide bonds. The molecule has 0 aliphatic carbocycles. The summed E-state index contributed by atoms with van der Waals surface area (Å²) in [5.74, 6) is 0.564. The second-order valence-electron chi connectivity index (χ2n) is 3.56. The number of nitrogens with one attached hydrogen (secondary N) is 1. The van der Waals surface area contributed by atoms with E-state index in [0.29, 0.717) is 17.1 Å². The van der Waals surface area contributed by atoms with Crippen molar-refractivity contribution in [3.63, 3.8) is 0 Å². The zero-order chi connectivity index (χ0) is 13.5. The number of ether oxygens (including phenoxy) is 1. The number of carbonyl (C=O) groups excluding carboxylic acids is 1. The molecule has 0 saturated carbocycles. The van der Waals surface area contributed by atoms with Crippen molar-refractivity contribution >= 4 is 11.7 Å². The van der Waals surface area contributed by atoms with Crippen LogP contribution in [0.1, 0.15) is 5.56 Å². The maximum absolute atomic E-state index is 11.6. The van der Waals surface area contributed by atoms with Crippen LogP contribution < -0.4 is 10.1 Å². The van der Waals surface area contributed by atoms with Crippen LogP contribution in [-0.4, -0.2) is 22.5 Å². The number of hydrogen-bond donors (Lipinski definition) is 1. The largest absolute Gasteiger partial charge is 0.484 e. The quantitative estimate of drug-likeness (QED) is 0.890. The van der Waals surface area contributed by atoms with Crippen molar-refractivity contribution in [3.05, 3.63) is 48.4 Å². The highest BCUT2D eigenvalue weighted by atomic mass is 16.5. The van der Waals surface area contributed by atoms with Gasteiger partial charge >= 0.3 is 0 Å². The summed E-state index contributed by atoms with van der Waals surface area (Å²) in [5.41, 5.74) is 0.538. The minimum atomic E-state index is -0.329. The molecule has 0 spiro atoms. The average molecular weight is 254 g/mol. The number of carbonyl (C=O) groups is 1. The van der Waals surface area contributed by atoms with E-state index in [4.69, 9.17) is 10.00 Å². The van der Waals surface area contributed by atoms with Crippen LogP contribution in [0.5, 0.6) is 5.75 Å². The average Bonchev–Trinajstić information content (AvgIpc) is 2.47. The number of benzene rings is 1. The van der Waals surface area contributed by atoms with Crippen LogP contribution in [-0.2, 0) is 4.79 Å². The Morgan fingerprint density at radius 1 is 1.32 bits per heavy atom. The van der Waals surface area contributed by atoms with Gasteiger partial charge < -0.3 is 10.1 Å². The van der Waals surface area contributed by atoms with Gasteiger partial charge in [0.15, 0.2) is 12.4 Å². The Labute approximate surface area is 109 Å². The summed E-state index contributed by atoms with van der Waals surface area (Å²) in [5, 5.41) is 11.2. The Kier molecular flexibility index (Phi) is 4.03. The van der Waals surface area contributed by atoms with Crippen molar-refractivity contribution in [3.8, 4) is 11.8 Å². The lowest BCUT2D eigenvalue weighted by atomic mass is 10.2. The molecule has 0 bridgehead atoms. The molecule has 0 aliphatic heterocycles. The van der Waals surface area contributed by atoms with E-state index in [0.717, 1.165) is 0 Å². The van der Waals surface area contributed by atoms with Crippen LogP contribution >= 0.6 is 0 Å². The first-order chi connectivity index (χ1) is 9.28. The molecule has 1 aromatic heterocycles. The summed E-state index contributed by atoms with van der Waals surface area (Å²) in [6.45, 7) is -0.136. The Hall–Kier alpha value is -2.94. The molecular formula is C13H10N4O2. The molecule has 6 nitrogen and oxygen atoms in total. The van der Waals surface area contributed by atoms with Gasteiger partial charge in [-0.05, 0) is 24.3 Å². The van der Waals surface area contributed by atoms with Crippen molar-refractivity contribution in [2.45, 2.75) is 0 Å². The number of rotatable bonds is 4. The second kappa shape index (κ2) is 6.12. The van der Waals surface area contributed by atoms with Crippen LogP contribution in [0.3, 0.4) is 0 Å². The SMILES string of the molecule is N#Cc1ccc(OCC(=O)Nc2cnccn2)cc1. The summed E-state index contributed by atoms with van der Waals surface area (Å²) in [4.78, 5) is 19.3. The molecule has 1 heterocycles. The van der Waals surface area contributed by atoms with Crippen molar-refractivity contribution in [1.29, 1.82) is 5.26 Å². The number of anilines is 1. The van der Waals surface area contributed by atoms with Gasteiger partial charge in [0.05, 0.1) is 17.8 Å². The first-order valence-corrected chi connectivity index (χ1v) is 5.47. The fourth-order valence-electron chi connectivity index (χ4n) is 1.32. The first kappa shape index (κ1) is 12.5. The molecule has 94 valence electrons. The maximum Gasteiger partial charge on any atom is 0.263 e. The van der Waals surface area contributed by atoms with Crippen LogP contribution in [0.4, 0.5) is 5.82 Å². The van der Waals surface area contributed by atoms with Gasteiger partial charge in [0.2, 0.25) is 0 Å². The third kappa shape index (κ3) is 3.78. The molecule has 2 aromatic rings. The van der Waals surface area contributed by atoms with Crippen LogP contribution in [0.15, 0.2) is 42.9 Å². The molecule has 0 aliphatic rings. The Morgan fingerprint density at radius 2 is 2.11 bits per heavy atom. The summed E-state index contributed by atoms with van der Waals surface area (Å²) in [7, 11) is 0. The topological polar surface area (TPSA) is 87.9 Å². The molecule has 1 N–H and O–H groups in total. The van der Waals surface area contributed by atoms with Gasteiger partial charge in [0, 0.05) is 12.4 Å². The molecule has 19 heavy (non-hydrogen) atoms. The molecule has 0 radical (unpaired) electrons. The summed E-state index contributed by atoms with van der Waals surface area (Å²) >= 11 is 0. The molecule has 1 aromatic carbocycles. The first-order valence-electron chi connectivity index (χ1n) is 5.47. The summed E-state index contributed by atoms with van der Waals surface area (Å²) in [6, 6.07) is 8.51. The zero-order valence-corrected chi connectivity index (χ0v) is 9.91. The van der Waals surface area contributed by atoms with Crippen LogP contribution in [0.25, 0.3) is 0 Å². The molecule has 0 atom stereocenters. The number of aromatic nitrogens is 2. The van der Waals surface area contributed by atoms with Gasteiger partial charge in [0.25, 0.3) is 5.91 Å². The summed E-state index contributed by atoms with van der Waals surface area (Å²) < 4.78 is 5.27. The predicted molar refractivity (Wildman–Crippen MR) is 67.3 cm³/mol. The van der Waals surface area contributed by atoms with Crippen molar-refractivity contribution in [2.24, 2.45) is 0 Å². The van der Waals surface area contributed by atoms with Crippen molar-refractivity contribution in [1.82, 2.24) is 9.97 Å². The van der Waals surface area contributed by atoms with Gasteiger partial charge in [-0.1, -0.05) is 0 Å². The van der Waals surface area contributed by atoms with Crippen molar-refractivity contribution < 1.29 is 9.53 Å². The Bertz CT molecular complexity index is 590. The van der Waals surface area contributed by atoms with Gasteiger partial charge in [-0.3, -0.25) is 9.78 Å². The number of hydrogen-bond acceptors (Lipinski definition) is 5. The Balaban J connectivity index is 1.85. The number of nitriles is 1. The van der Waals surface area contributed by atoms with Gasteiger partial charge in [-0.25, -0.2) is 4.98 Å². The van der Waals surface area contributed by atoms with E-state index in [1.807, 2.05) is 6.07 Å². The van der Waals surface area contributed by atoms with Crippen LogP contribution in [0, 0.1) is 11.3 Å². The number of amides is 1. The highest BCUT2D eigenvalue weighted by molar-refractivity contribution is 5.90. The van der Waals surface area contributed by atoms with Crippen molar-refractivity contribution in [2.75, 3.05) is 11.9 Å². The lowest BCUT2D eigenvalue weighted by molar-refractivity contribution is -0.118. The Morgan fingerprint density at radius 3 is 2.74 bits per heavy atom. The van der Waals surface area contributed by atoms with E-state index in [9.17, 15) is 4.79 Å². The minimum absolute atomic E-state index is 0.136. The predicted octanol–water partition coefficient (Wildman–Crippen LogP) is 1.37. The second-order valence-corrected chi connectivity index (χ2v) is 3.56. The van der Waals surface area contributed by atoms with Gasteiger partial charge in [0.1, 0.15) is 5.75 Å². The number of nitrogens with zero attached hydrogens (tertiary/aromatic N) is 3. The van der Waals surface area contributed by atoms with E-state index in [2.05, 4.69) is 15.3 Å². The normalized spacial score (nSPS) is 9.42. The molecule has 6 heteroatoms. The summed E-state index contributed by atoms with van der Waals surface area (Å²) in [6.07, 6.45) is 4.44. The highest BCUT2D eigenvalue weighted by Gasteiger charge is 2.04. The van der Waals surface area contributed by atoms with Gasteiger partial charge in [-0.2, -0.15) is 5.26 Å². The third-order valence-corrected chi connectivity index (χ3v) is 2.18. The fourth-order valence-corrected chi connectivity index (χ4v) is 1.32. The third-order valence-electron chi connectivity index (χ3n) is 2.18. The maximum atomic E-state index is 11.6.